The Balaban J connectivity index is 1.83. The molecule has 1 heterocycles. The summed E-state index contributed by atoms with van der Waals surface area (Å²) in [6.45, 7) is 0. The van der Waals surface area contributed by atoms with E-state index >= 15 is 0 Å². The van der Waals surface area contributed by atoms with Gasteiger partial charge in [-0.05, 0) is 36.4 Å². The number of carbonyl (C=O) groups is 2. The molecule has 0 aliphatic heterocycles. The third-order valence-corrected chi connectivity index (χ3v) is 5.40. The zero-order valence-electron chi connectivity index (χ0n) is 18.9. The van der Waals surface area contributed by atoms with E-state index in [9.17, 15) is 14.7 Å². The smallest absolute Gasteiger partial charge is 0.337 e. The predicted molar refractivity (Wildman–Crippen MR) is 129 cm³/mol. The summed E-state index contributed by atoms with van der Waals surface area (Å²) in [5.74, 6) is -0.826. The normalized spacial score (nSPS) is 11.4. The summed E-state index contributed by atoms with van der Waals surface area (Å²) < 4.78 is 4.79. The van der Waals surface area contributed by atoms with Gasteiger partial charge in [0.25, 0.3) is 5.91 Å². The van der Waals surface area contributed by atoms with Crippen LogP contribution in [0.25, 0.3) is 10.9 Å². The molecule has 0 saturated heterocycles. The highest BCUT2D eigenvalue weighted by Crippen LogP contribution is 2.32. The van der Waals surface area contributed by atoms with Gasteiger partial charge in [0.2, 0.25) is 0 Å². The van der Waals surface area contributed by atoms with Crippen molar-refractivity contribution >= 4 is 34.2 Å². The number of aliphatic imine (C=N–C) groups is 1. The minimum absolute atomic E-state index is 0.0758. The number of rotatable bonds is 6. The molecular formula is C26H23N3O5. The van der Waals surface area contributed by atoms with E-state index in [1.807, 2.05) is 30.3 Å². The lowest BCUT2D eigenvalue weighted by Gasteiger charge is -2.13. The molecule has 0 atom stereocenters. The molecule has 0 fully saturated rings. The first-order chi connectivity index (χ1) is 16.4. The molecule has 4 rings (SSSR count). The Morgan fingerprint density at radius 2 is 1.59 bits per heavy atom. The number of amides is 1. The van der Waals surface area contributed by atoms with Crippen molar-refractivity contribution in [1.29, 1.82) is 0 Å². The van der Waals surface area contributed by atoms with Gasteiger partial charge in [-0.15, -0.1) is 0 Å². The van der Waals surface area contributed by atoms with Crippen LogP contribution in [0.2, 0.25) is 0 Å². The zero-order valence-corrected chi connectivity index (χ0v) is 18.9. The lowest BCUT2D eigenvalue weighted by Crippen LogP contribution is -2.25. The van der Waals surface area contributed by atoms with Crippen molar-refractivity contribution in [2.45, 2.75) is 0 Å². The van der Waals surface area contributed by atoms with Crippen LogP contribution < -0.4 is 0 Å². The van der Waals surface area contributed by atoms with Crippen LogP contribution in [0.3, 0.4) is 0 Å². The quantitative estimate of drug-likeness (QED) is 0.253. The number of fused-ring (bicyclic) bond motifs is 1. The zero-order chi connectivity index (χ0) is 24.2. The lowest BCUT2D eigenvalue weighted by molar-refractivity contribution is -0.0756. The van der Waals surface area contributed by atoms with Crippen molar-refractivity contribution in [1.82, 2.24) is 10.0 Å². The summed E-state index contributed by atoms with van der Waals surface area (Å²) in [6, 6.07) is 21.2. The first-order valence-electron chi connectivity index (χ1n) is 10.4. The third kappa shape index (κ3) is 4.39. The molecule has 3 aromatic carbocycles. The van der Waals surface area contributed by atoms with Crippen molar-refractivity contribution in [2.24, 2.45) is 4.99 Å². The third-order valence-electron chi connectivity index (χ3n) is 5.40. The number of hydrogen-bond donors (Lipinski definition) is 2. The molecule has 0 bridgehead atoms. The van der Waals surface area contributed by atoms with E-state index in [-0.39, 0.29) is 11.8 Å². The van der Waals surface area contributed by atoms with Gasteiger partial charge in [0.1, 0.15) is 0 Å². The summed E-state index contributed by atoms with van der Waals surface area (Å²) in [7, 11) is 4.27. The minimum atomic E-state index is -0.469. The highest BCUT2D eigenvalue weighted by atomic mass is 16.7. The van der Waals surface area contributed by atoms with Crippen LogP contribution in [-0.2, 0) is 9.57 Å². The number of esters is 1. The van der Waals surface area contributed by atoms with E-state index < -0.39 is 5.97 Å². The van der Waals surface area contributed by atoms with Gasteiger partial charge < -0.3 is 14.8 Å². The number of aromatic nitrogens is 1. The highest BCUT2D eigenvalue weighted by molar-refractivity contribution is 6.22. The fourth-order valence-electron chi connectivity index (χ4n) is 3.60. The van der Waals surface area contributed by atoms with E-state index in [0.29, 0.717) is 39.0 Å². The molecule has 0 aliphatic rings. The Morgan fingerprint density at radius 1 is 0.912 bits per heavy atom. The van der Waals surface area contributed by atoms with Crippen LogP contribution in [0.4, 0.5) is 5.69 Å². The maximum absolute atomic E-state index is 12.3. The number of hydrogen-bond acceptors (Lipinski definition) is 6. The van der Waals surface area contributed by atoms with E-state index in [0.717, 1.165) is 10.6 Å². The Morgan fingerprint density at radius 3 is 2.24 bits per heavy atom. The molecule has 0 saturated carbocycles. The van der Waals surface area contributed by atoms with Crippen molar-refractivity contribution in [3.63, 3.8) is 0 Å². The topological polar surface area (TPSA) is 104 Å². The van der Waals surface area contributed by atoms with Crippen LogP contribution in [0.5, 0.6) is 5.88 Å². The molecule has 4 aromatic rings. The van der Waals surface area contributed by atoms with Gasteiger partial charge in [-0.2, -0.15) is 0 Å². The average molecular weight is 457 g/mol. The molecule has 34 heavy (non-hydrogen) atoms. The number of methoxy groups -OCH3 is 1. The first kappa shape index (κ1) is 22.8. The largest absolute Gasteiger partial charge is 0.494 e. The van der Waals surface area contributed by atoms with Gasteiger partial charge in [-0.3, -0.25) is 9.63 Å². The fourth-order valence-corrected chi connectivity index (χ4v) is 3.60. The second-order valence-corrected chi connectivity index (χ2v) is 7.46. The average Bonchev–Trinajstić information content (AvgIpc) is 3.21. The van der Waals surface area contributed by atoms with Crippen LogP contribution in [-0.4, -0.2) is 54.0 Å². The van der Waals surface area contributed by atoms with Crippen molar-refractivity contribution in [2.75, 3.05) is 21.3 Å². The Labute approximate surface area is 196 Å². The standard InChI is InChI=1S/C26H23N3O5/c1-29(34-3)25(31)17-9-12-19(13-10-17)27-23(16-7-5-4-6-8-16)22-20-14-11-18(26(32)33-2)15-21(20)28-24(22)30/h4-15,28,30H,1-3H3. The van der Waals surface area contributed by atoms with Crippen molar-refractivity contribution in [3.05, 3.63) is 95.1 Å². The Bertz CT molecular complexity index is 1380. The second-order valence-electron chi connectivity index (χ2n) is 7.46. The summed E-state index contributed by atoms with van der Waals surface area (Å²) in [5, 5.41) is 12.7. The van der Waals surface area contributed by atoms with E-state index in [4.69, 9.17) is 14.6 Å². The molecule has 0 radical (unpaired) electrons. The molecule has 8 heteroatoms. The number of aromatic hydroxyl groups is 1. The van der Waals surface area contributed by atoms with E-state index in [1.54, 1.807) is 42.5 Å². The molecule has 2 N–H and O–H groups in total. The van der Waals surface area contributed by atoms with Gasteiger partial charge in [0.15, 0.2) is 5.88 Å². The minimum Gasteiger partial charge on any atom is -0.494 e. The van der Waals surface area contributed by atoms with E-state index in [2.05, 4.69) is 4.98 Å². The van der Waals surface area contributed by atoms with Gasteiger partial charge in [-0.1, -0.05) is 36.4 Å². The molecule has 0 aliphatic carbocycles. The molecule has 1 amide bonds. The monoisotopic (exact) mass is 457 g/mol. The van der Waals surface area contributed by atoms with Crippen LogP contribution in [0, 0.1) is 0 Å². The summed E-state index contributed by atoms with van der Waals surface area (Å²) >= 11 is 0. The molecule has 0 spiro atoms. The number of carbonyl (C=O) groups excluding carboxylic acids is 2. The fraction of sp³-hybridized carbons (Fsp3) is 0.115. The van der Waals surface area contributed by atoms with Crippen molar-refractivity contribution < 1.29 is 24.3 Å². The number of H-pyrrole nitrogens is 1. The lowest BCUT2D eigenvalue weighted by atomic mass is 10.00. The molecule has 172 valence electrons. The Kier molecular flexibility index (Phi) is 6.42. The van der Waals surface area contributed by atoms with Crippen molar-refractivity contribution in [3.8, 4) is 5.88 Å². The molecule has 0 unspecified atom stereocenters. The highest BCUT2D eigenvalue weighted by Gasteiger charge is 2.20. The molecular weight excluding hydrogens is 434 g/mol. The summed E-state index contributed by atoms with van der Waals surface area (Å²) in [5.41, 5.74) is 3.80. The maximum Gasteiger partial charge on any atom is 0.337 e. The summed E-state index contributed by atoms with van der Waals surface area (Å²) in [6.07, 6.45) is 0. The molecule has 8 nitrogen and oxygen atoms in total. The first-order valence-corrected chi connectivity index (χ1v) is 10.4. The summed E-state index contributed by atoms with van der Waals surface area (Å²) in [4.78, 5) is 36.9. The van der Waals surface area contributed by atoms with Crippen LogP contribution in [0.1, 0.15) is 31.8 Å². The van der Waals surface area contributed by atoms with E-state index in [1.165, 1.54) is 21.3 Å². The number of ether oxygens (including phenoxy) is 1. The Hall–Kier alpha value is -4.43. The SMILES string of the molecule is COC(=O)c1ccc2c(C(=Nc3ccc(C(=O)N(C)OC)cc3)c3ccccc3)c(O)[nH]c2c1. The number of hydroxylamine groups is 2. The maximum atomic E-state index is 12.3. The van der Waals surface area contributed by atoms with Crippen LogP contribution in [0.15, 0.2) is 77.8 Å². The number of aromatic amines is 1. The molecule has 1 aromatic heterocycles. The van der Waals surface area contributed by atoms with Gasteiger partial charge in [0.05, 0.1) is 36.7 Å². The number of nitrogens with zero attached hydrogens (tertiary/aromatic N) is 2. The van der Waals surface area contributed by atoms with Gasteiger partial charge in [-0.25, -0.2) is 14.9 Å². The second kappa shape index (κ2) is 9.60. The predicted octanol–water partition coefficient (Wildman–Crippen LogP) is 4.46. The van der Waals surface area contributed by atoms with Crippen LogP contribution >= 0.6 is 0 Å². The van der Waals surface area contributed by atoms with Gasteiger partial charge >= 0.3 is 5.97 Å². The number of nitrogens with one attached hydrogen (secondary N) is 1. The van der Waals surface area contributed by atoms with Gasteiger partial charge in [0, 0.05) is 29.1 Å². The number of benzene rings is 3.